The van der Waals surface area contributed by atoms with Gasteiger partial charge in [-0.2, -0.15) is 0 Å². The van der Waals surface area contributed by atoms with Crippen LogP contribution in [0.4, 0.5) is 10.1 Å². The summed E-state index contributed by atoms with van der Waals surface area (Å²) in [6.07, 6.45) is 0.405. The Labute approximate surface area is 176 Å². The van der Waals surface area contributed by atoms with Crippen molar-refractivity contribution in [2.45, 2.75) is 6.04 Å². The van der Waals surface area contributed by atoms with Gasteiger partial charge in [0, 0.05) is 22.5 Å². The molecule has 4 aromatic carbocycles. The van der Waals surface area contributed by atoms with Crippen molar-refractivity contribution in [2.24, 2.45) is 0 Å². The van der Waals surface area contributed by atoms with Crippen LogP contribution in [0.2, 0.25) is 0 Å². The molecule has 0 aromatic heterocycles. The quantitative estimate of drug-likeness (QED) is 0.376. The summed E-state index contributed by atoms with van der Waals surface area (Å²) in [6, 6.07) is 35.4. The summed E-state index contributed by atoms with van der Waals surface area (Å²) in [5, 5.41) is 5.14. The minimum atomic E-state index is -2.93. The molecule has 0 bridgehead atoms. The zero-order valence-electron chi connectivity index (χ0n) is 16.5. The van der Waals surface area contributed by atoms with Gasteiger partial charge < -0.3 is 9.88 Å². The van der Waals surface area contributed by atoms with Crippen LogP contribution in [0, 0.1) is 5.82 Å². The smallest absolute Gasteiger partial charge is 0.145 e. The average Bonchev–Trinajstić information content (AvgIpc) is 2.82. The molecule has 0 heterocycles. The first-order chi connectivity index (χ1) is 14.6. The second-order valence-corrected chi connectivity index (χ2v) is 10.1. The molecule has 0 aliphatic carbocycles. The highest BCUT2D eigenvalue weighted by Gasteiger charge is 2.31. The lowest BCUT2D eigenvalue weighted by Crippen LogP contribution is -2.25. The molecule has 0 aliphatic rings. The Balaban J connectivity index is 1.77. The molecule has 0 radical (unpaired) electrons. The maximum Gasteiger partial charge on any atom is 0.145 e. The number of hydrogen-bond acceptors (Lipinski definition) is 2. The van der Waals surface area contributed by atoms with Gasteiger partial charge in [-0.1, -0.05) is 91.0 Å². The summed E-state index contributed by atoms with van der Waals surface area (Å²) in [4.78, 5) is 0. The summed E-state index contributed by atoms with van der Waals surface area (Å²) in [5.74, 6) is -0.281. The summed E-state index contributed by atoms with van der Waals surface area (Å²) in [7, 11) is -2.93. The molecular formula is C26H23FNOP. The van der Waals surface area contributed by atoms with E-state index in [4.69, 9.17) is 0 Å². The zero-order valence-corrected chi connectivity index (χ0v) is 17.4. The fourth-order valence-corrected chi connectivity index (χ4v) is 6.47. The van der Waals surface area contributed by atoms with Crippen LogP contribution < -0.4 is 15.9 Å². The van der Waals surface area contributed by atoms with Crippen LogP contribution in [0.5, 0.6) is 0 Å². The number of nitrogens with one attached hydrogen (secondary N) is 1. The first-order valence-corrected chi connectivity index (χ1v) is 11.8. The Morgan fingerprint density at radius 3 is 1.63 bits per heavy atom. The molecule has 0 spiro atoms. The van der Waals surface area contributed by atoms with E-state index in [1.165, 1.54) is 12.1 Å². The molecule has 1 unspecified atom stereocenters. The number of benzene rings is 4. The molecule has 2 nitrogen and oxygen atoms in total. The van der Waals surface area contributed by atoms with Crippen LogP contribution in [0.15, 0.2) is 115 Å². The molecule has 0 saturated carbocycles. The molecular weight excluding hydrogens is 392 g/mol. The fraction of sp³-hybridized carbons (Fsp3) is 0.0769. The van der Waals surface area contributed by atoms with Crippen LogP contribution in [-0.4, -0.2) is 6.16 Å². The lowest BCUT2D eigenvalue weighted by Gasteiger charge is -2.27. The zero-order chi connectivity index (χ0) is 20.8. The second kappa shape index (κ2) is 9.11. The van der Waals surface area contributed by atoms with E-state index in [0.717, 1.165) is 21.9 Å². The predicted octanol–water partition coefficient (Wildman–Crippen LogP) is 5.99. The topological polar surface area (TPSA) is 29.1 Å². The molecule has 4 heteroatoms. The highest BCUT2D eigenvalue weighted by atomic mass is 31.2. The van der Waals surface area contributed by atoms with Crippen molar-refractivity contribution < 1.29 is 8.96 Å². The molecule has 0 fully saturated rings. The van der Waals surface area contributed by atoms with Crippen molar-refractivity contribution in [3.63, 3.8) is 0 Å². The van der Waals surface area contributed by atoms with Crippen molar-refractivity contribution >= 4 is 23.4 Å². The van der Waals surface area contributed by atoms with E-state index in [1.54, 1.807) is 12.1 Å². The van der Waals surface area contributed by atoms with E-state index >= 15 is 0 Å². The minimum Gasteiger partial charge on any atom is -0.378 e. The molecule has 1 N–H and O–H groups in total. The lowest BCUT2D eigenvalue weighted by atomic mass is 10.1. The fourth-order valence-electron chi connectivity index (χ4n) is 3.62. The Kier molecular flexibility index (Phi) is 6.11. The highest BCUT2D eigenvalue weighted by molar-refractivity contribution is 7.78. The molecule has 0 amide bonds. The van der Waals surface area contributed by atoms with Gasteiger partial charge in [0.15, 0.2) is 0 Å². The van der Waals surface area contributed by atoms with Gasteiger partial charge in [0.1, 0.15) is 13.0 Å². The third kappa shape index (κ3) is 4.53. The van der Waals surface area contributed by atoms with Gasteiger partial charge in [-0.3, -0.25) is 0 Å². The Bertz CT molecular complexity index is 1070. The maximum absolute atomic E-state index is 14.5. The SMILES string of the molecule is O=P(CC(Nc1ccc(F)cc1)c1ccccc1)(c1ccccc1)c1ccccc1. The molecule has 4 aromatic rings. The molecule has 1 atom stereocenters. The van der Waals surface area contributed by atoms with Crippen LogP contribution in [0.1, 0.15) is 11.6 Å². The molecule has 0 aliphatic heterocycles. The molecule has 0 saturated heterocycles. The van der Waals surface area contributed by atoms with Crippen LogP contribution in [0.25, 0.3) is 0 Å². The predicted molar refractivity (Wildman–Crippen MR) is 124 cm³/mol. The standard InChI is InChI=1S/C26H23FNOP/c27-22-16-18-23(19-17-22)28-26(21-10-4-1-5-11-21)20-30(29,24-12-6-2-7-13-24)25-14-8-3-9-15-25/h1-19,26,28H,20H2. The van der Waals surface area contributed by atoms with Crippen LogP contribution >= 0.6 is 7.14 Å². The van der Waals surface area contributed by atoms with E-state index in [0.29, 0.717) is 6.16 Å². The number of rotatable bonds is 7. The maximum atomic E-state index is 14.5. The largest absolute Gasteiger partial charge is 0.378 e. The minimum absolute atomic E-state index is 0.206. The van der Waals surface area contributed by atoms with E-state index in [9.17, 15) is 8.96 Å². The highest BCUT2D eigenvalue weighted by Crippen LogP contribution is 2.47. The third-order valence-electron chi connectivity index (χ3n) is 5.17. The van der Waals surface area contributed by atoms with Gasteiger partial charge in [-0.25, -0.2) is 4.39 Å². The van der Waals surface area contributed by atoms with Gasteiger partial charge in [-0.05, 0) is 29.8 Å². The van der Waals surface area contributed by atoms with Gasteiger partial charge >= 0.3 is 0 Å². The Morgan fingerprint density at radius 1 is 0.667 bits per heavy atom. The number of anilines is 1. The van der Waals surface area contributed by atoms with Gasteiger partial charge in [0.25, 0.3) is 0 Å². The molecule has 150 valence electrons. The van der Waals surface area contributed by atoms with Gasteiger partial charge in [-0.15, -0.1) is 0 Å². The summed E-state index contributed by atoms with van der Waals surface area (Å²) in [5.41, 5.74) is 1.83. The van der Waals surface area contributed by atoms with Gasteiger partial charge in [0.2, 0.25) is 0 Å². The number of halogens is 1. The summed E-state index contributed by atoms with van der Waals surface area (Å²) >= 11 is 0. The van der Waals surface area contributed by atoms with E-state index in [1.807, 2.05) is 91.0 Å². The second-order valence-electron chi connectivity index (χ2n) is 7.21. The first kappa shape index (κ1) is 20.1. The lowest BCUT2D eigenvalue weighted by molar-refractivity contribution is 0.584. The van der Waals surface area contributed by atoms with Crippen molar-refractivity contribution in [2.75, 3.05) is 11.5 Å². The summed E-state index contributed by atoms with van der Waals surface area (Å²) < 4.78 is 27.9. The van der Waals surface area contributed by atoms with E-state index < -0.39 is 7.14 Å². The molecule has 30 heavy (non-hydrogen) atoms. The van der Waals surface area contributed by atoms with Crippen LogP contribution in [0.3, 0.4) is 0 Å². The summed E-state index contributed by atoms with van der Waals surface area (Å²) in [6.45, 7) is 0. The van der Waals surface area contributed by atoms with Crippen molar-refractivity contribution in [3.05, 3.63) is 127 Å². The monoisotopic (exact) mass is 415 g/mol. The normalized spacial score (nSPS) is 12.3. The molecule has 4 rings (SSSR count). The Hall–Kier alpha value is -3.16. The van der Waals surface area contributed by atoms with Crippen molar-refractivity contribution in [3.8, 4) is 0 Å². The number of hydrogen-bond donors (Lipinski definition) is 1. The first-order valence-electron chi connectivity index (χ1n) is 9.92. The van der Waals surface area contributed by atoms with Crippen LogP contribution in [-0.2, 0) is 4.57 Å². The van der Waals surface area contributed by atoms with Gasteiger partial charge in [0.05, 0.1) is 6.04 Å². The third-order valence-corrected chi connectivity index (χ3v) is 8.32. The Morgan fingerprint density at radius 2 is 1.13 bits per heavy atom. The van der Waals surface area contributed by atoms with E-state index in [-0.39, 0.29) is 11.9 Å². The average molecular weight is 415 g/mol. The van der Waals surface area contributed by atoms with E-state index in [2.05, 4.69) is 5.32 Å². The van der Waals surface area contributed by atoms with Crippen molar-refractivity contribution in [1.82, 2.24) is 0 Å². The van der Waals surface area contributed by atoms with Crippen molar-refractivity contribution in [1.29, 1.82) is 0 Å².